The second-order valence-electron chi connectivity index (χ2n) is 4.38. The Morgan fingerprint density at radius 3 is 2.47 bits per heavy atom. The van der Waals surface area contributed by atoms with Gasteiger partial charge in [-0.25, -0.2) is 4.39 Å². The van der Waals surface area contributed by atoms with E-state index in [4.69, 9.17) is 9.47 Å². The van der Waals surface area contributed by atoms with Crippen molar-refractivity contribution in [2.45, 2.75) is 39.5 Å². The molecular formula is C14H21FO2. The lowest BCUT2D eigenvalue weighted by Crippen LogP contribution is -2.03. The highest BCUT2D eigenvalue weighted by molar-refractivity contribution is 5.43. The van der Waals surface area contributed by atoms with Crippen molar-refractivity contribution in [3.8, 4) is 11.5 Å². The first-order chi connectivity index (χ1) is 8.10. The molecule has 1 aromatic carbocycles. The van der Waals surface area contributed by atoms with Crippen molar-refractivity contribution in [1.29, 1.82) is 0 Å². The molecule has 0 unspecified atom stereocenters. The van der Waals surface area contributed by atoms with Crippen molar-refractivity contribution in [2.75, 3.05) is 13.7 Å². The van der Waals surface area contributed by atoms with Crippen molar-refractivity contribution < 1.29 is 13.9 Å². The van der Waals surface area contributed by atoms with Crippen LogP contribution in [0.1, 0.15) is 45.1 Å². The van der Waals surface area contributed by atoms with Crippen LogP contribution in [0.2, 0.25) is 0 Å². The van der Waals surface area contributed by atoms with Crippen LogP contribution in [0.25, 0.3) is 0 Å². The fraction of sp³-hybridized carbons (Fsp3) is 0.571. The standard InChI is InChI=1S/C14H21FO2/c1-5-6-7-17-13-9-12(15)14(16-4)8-11(13)10(2)3/h8-10H,5-7H2,1-4H3. The molecule has 1 aromatic rings. The summed E-state index contributed by atoms with van der Waals surface area (Å²) in [5.74, 6) is 0.813. The van der Waals surface area contributed by atoms with E-state index in [2.05, 4.69) is 20.8 Å². The van der Waals surface area contributed by atoms with E-state index in [1.165, 1.54) is 13.2 Å². The lowest BCUT2D eigenvalue weighted by molar-refractivity contribution is 0.301. The Labute approximate surface area is 103 Å². The van der Waals surface area contributed by atoms with Crippen molar-refractivity contribution in [2.24, 2.45) is 0 Å². The number of methoxy groups -OCH3 is 1. The summed E-state index contributed by atoms with van der Waals surface area (Å²) in [5.41, 5.74) is 0.986. The zero-order valence-corrected chi connectivity index (χ0v) is 11.0. The lowest BCUT2D eigenvalue weighted by atomic mass is 10.0. The van der Waals surface area contributed by atoms with Gasteiger partial charge in [0.15, 0.2) is 11.6 Å². The number of ether oxygens (including phenoxy) is 2. The smallest absolute Gasteiger partial charge is 0.168 e. The topological polar surface area (TPSA) is 18.5 Å². The quantitative estimate of drug-likeness (QED) is 0.696. The lowest BCUT2D eigenvalue weighted by Gasteiger charge is -2.15. The molecule has 0 spiro atoms. The molecule has 0 atom stereocenters. The summed E-state index contributed by atoms with van der Waals surface area (Å²) in [6.07, 6.45) is 2.04. The van der Waals surface area contributed by atoms with Crippen molar-refractivity contribution >= 4 is 0 Å². The Morgan fingerprint density at radius 2 is 1.94 bits per heavy atom. The van der Waals surface area contributed by atoms with E-state index < -0.39 is 0 Å². The second kappa shape index (κ2) is 6.48. The number of unbranched alkanes of at least 4 members (excludes halogenated alkanes) is 1. The van der Waals surface area contributed by atoms with Gasteiger partial charge in [-0.1, -0.05) is 27.2 Å². The van der Waals surface area contributed by atoms with Gasteiger partial charge in [0.25, 0.3) is 0 Å². The Kier molecular flexibility index (Phi) is 5.26. The number of hydrogen-bond donors (Lipinski definition) is 0. The number of benzene rings is 1. The zero-order chi connectivity index (χ0) is 12.8. The molecule has 17 heavy (non-hydrogen) atoms. The fourth-order valence-corrected chi connectivity index (χ4v) is 1.61. The molecule has 0 heterocycles. The maximum atomic E-state index is 13.6. The van der Waals surface area contributed by atoms with E-state index in [0.717, 1.165) is 18.4 Å². The number of halogens is 1. The third-order valence-corrected chi connectivity index (χ3v) is 2.66. The highest BCUT2D eigenvalue weighted by atomic mass is 19.1. The molecule has 96 valence electrons. The van der Waals surface area contributed by atoms with Crippen molar-refractivity contribution in [1.82, 2.24) is 0 Å². The van der Waals surface area contributed by atoms with Gasteiger partial charge >= 0.3 is 0 Å². The Balaban J connectivity index is 2.96. The Morgan fingerprint density at radius 1 is 1.24 bits per heavy atom. The zero-order valence-electron chi connectivity index (χ0n) is 11.0. The van der Waals surface area contributed by atoms with Gasteiger partial charge < -0.3 is 9.47 Å². The van der Waals surface area contributed by atoms with Crippen molar-refractivity contribution in [3.63, 3.8) is 0 Å². The van der Waals surface area contributed by atoms with Gasteiger partial charge in [-0.05, 0) is 18.4 Å². The fourth-order valence-electron chi connectivity index (χ4n) is 1.61. The molecule has 0 bridgehead atoms. The molecule has 1 rings (SSSR count). The molecule has 0 saturated carbocycles. The van der Waals surface area contributed by atoms with E-state index in [9.17, 15) is 4.39 Å². The van der Waals surface area contributed by atoms with Gasteiger partial charge in [0, 0.05) is 11.6 Å². The van der Waals surface area contributed by atoms with Crippen LogP contribution in [-0.4, -0.2) is 13.7 Å². The van der Waals surface area contributed by atoms with Gasteiger partial charge in [0.1, 0.15) is 5.75 Å². The van der Waals surface area contributed by atoms with Gasteiger partial charge in [0.05, 0.1) is 13.7 Å². The number of hydrogen-bond acceptors (Lipinski definition) is 2. The number of rotatable bonds is 6. The molecule has 0 aliphatic carbocycles. The summed E-state index contributed by atoms with van der Waals surface area (Å²) in [4.78, 5) is 0. The summed E-state index contributed by atoms with van der Waals surface area (Å²) in [7, 11) is 1.47. The van der Waals surface area contributed by atoms with Gasteiger partial charge in [0.2, 0.25) is 0 Å². The largest absolute Gasteiger partial charge is 0.494 e. The van der Waals surface area contributed by atoms with Crippen LogP contribution in [0.3, 0.4) is 0 Å². The van der Waals surface area contributed by atoms with E-state index >= 15 is 0 Å². The highest BCUT2D eigenvalue weighted by Gasteiger charge is 2.13. The second-order valence-corrected chi connectivity index (χ2v) is 4.38. The van der Waals surface area contributed by atoms with E-state index in [1.807, 2.05) is 0 Å². The first-order valence-electron chi connectivity index (χ1n) is 6.10. The third-order valence-electron chi connectivity index (χ3n) is 2.66. The molecule has 0 amide bonds. The minimum absolute atomic E-state index is 0.275. The molecule has 0 aliphatic rings. The van der Waals surface area contributed by atoms with Crippen LogP contribution >= 0.6 is 0 Å². The predicted octanol–water partition coefficient (Wildman–Crippen LogP) is 4.14. The molecule has 0 aromatic heterocycles. The Hall–Kier alpha value is -1.25. The van der Waals surface area contributed by atoms with Crippen LogP contribution in [-0.2, 0) is 0 Å². The van der Waals surface area contributed by atoms with Crippen LogP contribution in [0, 0.1) is 5.82 Å². The van der Waals surface area contributed by atoms with Crippen LogP contribution in [0.4, 0.5) is 4.39 Å². The normalized spacial score (nSPS) is 10.7. The average Bonchev–Trinajstić information content (AvgIpc) is 2.29. The van der Waals surface area contributed by atoms with Gasteiger partial charge in [-0.3, -0.25) is 0 Å². The first kappa shape index (κ1) is 13.8. The molecule has 2 nitrogen and oxygen atoms in total. The Bertz CT molecular complexity index is 361. The molecule has 0 aliphatic heterocycles. The maximum Gasteiger partial charge on any atom is 0.168 e. The summed E-state index contributed by atoms with van der Waals surface area (Å²) >= 11 is 0. The molecule has 0 fully saturated rings. The summed E-state index contributed by atoms with van der Waals surface area (Å²) in [6, 6.07) is 3.14. The van der Waals surface area contributed by atoms with E-state index in [-0.39, 0.29) is 17.5 Å². The van der Waals surface area contributed by atoms with Crippen LogP contribution in [0.15, 0.2) is 12.1 Å². The molecular weight excluding hydrogens is 219 g/mol. The maximum absolute atomic E-state index is 13.6. The molecule has 0 saturated heterocycles. The van der Waals surface area contributed by atoms with Crippen LogP contribution in [0.5, 0.6) is 11.5 Å². The summed E-state index contributed by atoms with van der Waals surface area (Å²) < 4.78 is 24.2. The monoisotopic (exact) mass is 240 g/mol. The first-order valence-corrected chi connectivity index (χ1v) is 6.10. The summed E-state index contributed by atoms with van der Waals surface area (Å²) in [6.45, 7) is 6.84. The SMILES string of the molecule is CCCCOc1cc(F)c(OC)cc1C(C)C. The summed E-state index contributed by atoms with van der Waals surface area (Å²) in [5, 5.41) is 0. The highest BCUT2D eigenvalue weighted by Crippen LogP contribution is 2.32. The average molecular weight is 240 g/mol. The molecule has 0 radical (unpaired) electrons. The van der Waals surface area contributed by atoms with E-state index in [0.29, 0.717) is 12.4 Å². The predicted molar refractivity (Wildman–Crippen MR) is 67.4 cm³/mol. The molecule has 3 heteroatoms. The molecule has 0 N–H and O–H groups in total. The minimum atomic E-state index is -0.372. The third kappa shape index (κ3) is 3.62. The van der Waals surface area contributed by atoms with Crippen LogP contribution < -0.4 is 9.47 Å². The minimum Gasteiger partial charge on any atom is -0.494 e. The van der Waals surface area contributed by atoms with Gasteiger partial charge in [-0.15, -0.1) is 0 Å². The van der Waals surface area contributed by atoms with Gasteiger partial charge in [-0.2, -0.15) is 0 Å². The van der Waals surface area contributed by atoms with E-state index in [1.54, 1.807) is 6.07 Å². The van der Waals surface area contributed by atoms with Crippen molar-refractivity contribution in [3.05, 3.63) is 23.5 Å².